The number of likely N-dealkylation sites (N-methyl/N-ethyl adjacent to an activating group) is 1. The molecule has 2 rings (SSSR count). The molecule has 18 heavy (non-hydrogen) atoms. The zero-order chi connectivity index (χ0) is 13.3. The lowest BCUT2D eigenvalue weighted by molar-refractivity contribution is -0.00324. The van der Waals surface area contributed by atoms with Gasteiger partial charge in [0.1, 0.15) is 0 Å². The van der Waals surface area contributed by atoms with Gasteiger partial charge in [0.05, 0.1) is 10.0 Å². The number of ether oxygens (including phenoxy) is 1. The van der Waals surface area contributed by atoms with Crippen molar-refractivity contribution in [1.29, 1.82) is 0 Å². The number of rotatable bonds is 3. The first-order valence-electron chi connectivity index (χ1n) is 5.86. The fraction of sp³-hybridized carbons (Fsp3) is 0.636. The monoisotopic (exact) mass is 365 g/mol. The van der Waals surface area contributed by atoms with Gasteiger partial charge in [0.2, 0.25) is 0 Å². The number of aromatic amines is 1. The second kappa shape index (κ2) is 5.54. The van der Waals surface area contributed by atoms with Gasteiger partial charge >= 0.3 is 5.69 Å². The molecule has 1 aliphatic rings. The predicted molar refractivity (Wildman–Crippen MR) is 76.2 cm³/mol. The van der Waals surface area contributed by atoms with E-state index in [0.717, 1.165) is 6.42 Å². The van der Waals surface area contributed by atoms with Crippen molar-refractivity contribution in [2.24, 2.45) is 0 Å². The summed E-state index contributed by atoms with van der Waals surface area (Å²) in [7, 11) is 1.89. The first-order chi connectivity index (χ1) is 8.58. The Bertz CT molecular complexity index is 527. The highest BCUT2D eigenvalue weighted by molar-refractivity contribution is 14.1. The maximum atomic E-state index is 11.8. The molecule has 1 saturated heterocycles. The van der Waals surface area contributed by atoms with Crippen molar-refractivity contribution in [2.45, 2.75) is 35.6 Å². The van der Waals surface area contributed by atoms with Crippen molar-refractivity contribution in [3.05, 3.63) is 33.1 Å². The molecule has 0 aromatic carbocycles. The van der Waals surface area contributed by atoms with E-state index in [1.165, 1.54) is 16.8 Å². The molecule has 1 fully saturated rings. The van der Waals surface area contributed by atoms with Gasteiger partial charge in [-0.2, -0.15) is 0 Å². The Hall–Kier alpha value is -0.670. The molecular weight excluding hydrogens is 349 g/mol. The van der Waals surface area contributed by atoms with Crippen LogP contribution >= 0.6 is 22.6 Å². The fourth-order valence-electron chi connectivity index (χ4n) is 2.26. The van der Waals surface area contributed by atoms with Crippen LogP contribution in [0.3, 0.4) is 0 Å². The average molecular weight is 365 g/mol. The van der Waals surface area contributed by atoms with Gasteiger partial charge in [-0.05, 0) is 13.5 Å². The van der Waals surface area contributed by atoms with Crippen LogP contribution in [0.15, 0.2) is 21.9 Å². The van der Waals surface area contributed by atoms with Gasteiger partial charge < -0.3 is 10.1 Å². The van der Waals surface area contributed by atoms with E-state index >= 15 is 0 Å². The Morgan fingerprint density at radius 1 is 1.56 bits per heavy atom. The van der Waals surface area contributed by atoms with Crippen LogP contribution in [-0.2, 0) is 4.74 Å². The van der Waals surface area contributed by atoms with Gasteiger partial charge in [0, 0.05) is 18.3 Å². The first-order valence-corrected chi connectivity index (χ1v) is 7.11. The van der Waals surface area contributed by atoms with E-state index in [0.29, 0.717) is 0 Å². The molecule has 0 radical (unpaired) electrons. The molecule has 4 atom stereocenters. The standard InChI is InChI=1S/C11H16IN3O3/c1-3-6-9(13-2)8(12)10(18-6)15-5-4-7(16)14-11(15)17/h4-6,8-10,13H,3H2,1-2H3,(H,14,16,17)/t6-,8?,9?,10-/m1/s1. The number of halogens is 1. The van der Waals surface area contributed by atoms with Crippen LogP contribution in [0.1, 0.15) is 19.6 Å². The van der Waals surface area contributed by atoms with Crippen molar-refractivity contribution in [1.82, 2.24) is 14.9 Å². The molecule has 1 aliphatic heterocycles. The molecule has 0 aliphatic carbocycles. The average Bonchev–Trinajstić information content (AvgIpc) is 2.66. The van der Waals surface area contributed by atoms with E-state index in [1.807, 2.05) is 7.05 Å². The van der Waals surface area contributed by atoms with Crippen LogP contribution < -0.4 is 16.6 Å². The largest absolute Gasteiger partial charge is 0.352 e. The molecule has 100 valence electrons. The van der Waals surface area contributed by atoms with E-state index in [2.05, 4.69) is 39.8 Å². The third-order valence-electron chi connectivity index (χ3n) is 3.19. The van der Waals surface area contributed by atoms with Crippen LogP contribution in [0.2, 0.25) is 0 Å². The van der Waals surface area contributed by atoms with Crippen LogP contribution in [0.4, 0.5) is 0 Å². The van der Waals surface area contributed by atoms with Gasteiger partial charge in [-0.1, -0.05) is 29.5 Å². The quantitative estimate of drug-likeness (QED) is 0.594. The molecule has 7 heteroatoms. The highest BCUT2D eigenvalue weighted by Gasteiger charge is 2.42. The maximum absolute atomic E-state index is 11.8. The minimum Gasteiger partial charge on any atom is -0.352 e. The predicted octanol–water partition coefficient (Wildman–Crippen LogP) is 0.236. The lowest BCUT2D eigenvalue weighted by Crippen LogP contribution is -2.40. The Labute approximate surface area is 118 Å². The highest BCUT2D eigenvalue weighted by atomic mass is 127. The summed E-state index contributed by atoms with van der Waals surface area (Å²) in [5, 5.41) is 3.23. The van der Waals surface area contributed by atoms with Crippen LogP contribution in [0, 0.1) is 0 Å². The summed E-state index contributed by atoms with van der Waals surface area (Å²) in [6, 6.07) is 1.53. The molecule has 0 bridgehead atoms. The van der Waals surface area contributed by atoms with Gasteiger partial charge in [0.15, 0.2) is 6.23 Å². The topological polar surface area (TPSA) is 76.1 Å². The van der Waals surface area contributed by atoms with Crippen molar-refractivity contribution < 1.29 is 4.74 Å². The molecule has 0 spiro atoms. The van der Waals surface area contributed by atoms with E-state index in [1.54, 1.807) is 0 Å². The molecule has 1 aromatic rings. The van der Waals surface area contributed by atoms with E-state index in [4.69, 9.17) is 4.74 Å². The van der Waals surface area contributed by atoms with Crippen LogP contribution in [0.25, 0.3) is 0 Å². The summed E-state index contributed by atoms with van der Waals surface area (Å²) < 4.78 is 7.47. The summed E-state index contributed by atoms with van der Waals surface area (Å²) in [6.07, 6.45) is 2.08. The Morgan fingerprint density at radius 3 is 2.78 bits per heavy atom. The number of H-pyrrole nitrogens is 1. The van der Waals surface area contributed by atoms with Crippen LogP contribution in [0.5, 0.6) is 0 Å². The van der Waals surface area contributed by atoms with Crippen molar-refractivity contribution in [2.75, 3.05) is 7.05 Å². The SMILES string of the molecule is CC[C@H]1O[C@@H](n2ccc(=O)[nH]c2=O)C(I)C1NC. The minimum atomic E-state index is -0.430. The highest BCUT2D eigenvalue weighted by Crippen LogP contribution is 2.35. The van der Waals surface area contributed by atoms with Crippen molar-refractivity contribution in [3.8, 4) is 0 Å². The Balaban J connectivity index is 2.34. The zero-order valence-corrected chi connectivity index (χ0v) is 12.4. The number of nitrogens with one attached hydrogen (secondary N) is 2. The van der Waals surface area contributed by atoms with Crippen LogP contribution in [-0.4, -0.2) is 32.7 Å². The molecule has 2 unspecified atom stereocenters. The van der Waals surface area contributed by atoms with E-state index in [9.17, 15) is 9.59 Å². The summed E-state index contributed by atoms with van der Waals surface area (Å²) in [6.45, 7) is 2.05. The second-order valence-electron chi connectivity index (χ2n) is 4.25. The third kappa shape index (κ3) is 2.39. The maximum Gasteiger partial charge on any atom is 0.330 e. The van der Waals surface area contributed by atoms with Crippen molar-refractivity contribution >= 4 is 22.6 Å². The van der Waals surface area contributed by atoms with Crippen molar-refractivity contribution in [3.63, 3.8) is 0 Å². The summed E-state index contributed by atoms with van der Waals surface area (Å²) in [5.41, 5.74) is -0.822. The zero-order valence-electron chi connectivity index (χ0n) is 10.2. The Kier molecular flexibility index (Phi) is 4.23. The van der Waals surface area contributed by atoms with E-state index < -0.39 is 11.2 Å². The lowest BCUT2D eigenvalue weighted by atomic mass is 10.1. The van der Waals surface area contributed by atoms with Gasteiger partial charge in [-0.15, -0.1) is 0 Å². The number of nitrogens with zero attached hydrogens (tertiary/aromatic N) is 1. The van der Waals surface area contributed by atoms with Gasteiger partial charge in [0.25, 0.3) is 5.56 Å². The first kappa shape index (κ1) is 13.8. The molecule has 0 amide bonds. The van der Waals surface area contributed by atoms with Gasteiger partial charge in [-0.3, -0.25) is 14.3 Å². The number of hydrogen-bond acceptors (Lipinski definition) is 4. The summed E-state index contributed by atoms with van der Waals surface area (Å²) in [4.78, 5) is 25.1. The smallest absolute Gasteiger partial charge is 0.330 e. The molecule has 2 heterocycles. The second-order valence-corrected chi connectivity index (χ2v) is 5.69. The normalized spacial score (nSPS) is 31.7. The Morgan fingerprint density at radius 2 is 2.28 bits per heavy atom. The molecule has 6 nitrogen and oxygen atoms in total. The minimum absolute atomic E-state index is 0.0701. The number of alkyl halides is 1. The fourth-order valence-corrected chi connectivity index (χ4v) is 3.60. The molecule has 1 aromatic heterocycles. The summed E-state index contributed by atoms with van der Waals surface area (Å²) >= 11 is 2.28. The molecular formula is C11H16IN3O3. The lowest BCUT2D eigenvalue weighted by Gasteiger charge is -2.18. The summed E-state index contributed by atoms with van der Waals surface area (Å²) in [5.74, 6) is 0. The van der Waals surface area contributed by atoms with E-state index in [-0.39, 0.29) is 22.3 Å². The molecule has 2 N–H and O–H groups in total. The number of aromatic nitrogens is 2. The third-order valence-corrected chi connectivity index (χ3v) is 4.58. The number of hydrogen-bond donors (Lipinski definition) is 2. The van der Waals surface area contributed by atoms with Gasteiger partial charge in [-0.25, -0.2) is 4.79 Å². The molecule has 0 saturated carbocycles.